The Morgan fingerprint density at radius 1 is 1.50 bits per heavy atom. The van der Waals surface area contributed by atoms with E-state index in [1.165, 1.54) is 0 Å². The number of aromatic nitrogens is 2. The minimum atomic E-state index is -0.813. The number of rotatable bonds is 3. The first-order chi connectivity index (χ1) is 9.65. The van der Waals surface area contributed by atoms with Gasteiger partial charge >= 0.3 is 5.97 Å². The highest BCUT2D eigenvalue weighted by Crippen LogP contribution is 2.27. The van der Waals surface area contributed by atoms with E-state index in [0.717, 1.165) is 47.9 Å². The molecule has 5 heteroatoms. The average molecular weight is 274 g/mol. The minimum absolute atomic E-state index is 0.0263. The van der Waals surface area contributed by atoms with Crippen LogP contribution in [0.25, 0.3) is 10.9 Å². The van der Waals surface area contributed by atoms with Crippen LogP contribution in [-0.2, 0) is 16.0 Å². The molecule has 0 radical (unpaired) electrons. The minimum Gasteiger partial charge on any atom is -0.481 e. The van der Waals surface area contributed by atoms with Crippen molar-refractivity contribution in [1.82, 2.24) is 9.78 Å². The molecule has 0 spiro atoms. The molecule has 1 atom stereocenters. The molecule has 0 saturated carbocycles. The lowest BCUT2D eigenvalue weighted by Gasteiger charge is -2.23. The molecule has 0 aliphatic carbocycles. The Bertz CT molecular complexity index is 642. The van der Waals surface area contributed by atoms with Crippen molar-refractivity contribution in [3.05, 3.63) is 29.5 Å². The van der Waals surface area contributed by atoms with Gasteiger partial charge in [0, 0.05) is 12.0 Å². The van der Waals surface area contributed by atoms with Gasteiger partial charge in [0.1, 0.15) is 0 Å². The number of carboxylic acid groups (broad SMARTS) is 1. The van der Waals surface area contributed by atoms with Gasteiger partial charge in [-0.2, -0.15) is 5.10 Å². The zero-order valence-corrected chi connectivity index (χ0v) is 11.5. The molecule has 1 aromatic carbocycles. The van der Waals surface area contributed by atoms with Crippen LogP contribution in [-0.4, -0.2) is 27.5 Å². The quantitative estimate of drug-likeness (QED) is 0.934. The van der Waals surface area contributed by atoms with Gasteiger partial charge in [0.05, 0.1) is 18.1 Å². The maximum Gasteiger partial charge on any atom is 0.307 e. The maximum absolute atomic E-state index is 10.9. The molecule has 1 aliphatic heterocycles. The van der Waals surface area contributed by atoms with Crippen LogP contribution in [0.5, 0.6) is 0 Å². The molecule has 106 valence electrons. The van der Waals surface area contributed by atoms with Crippen molar-refractivity contribution in [3.63, 3.8) is 0 Å². The highest BCUT2D eigenvalue weighted by Gasteiger charge is 2.19. The third kappa shape index (κ3) is 2.41. The fraction of sp³-hybridized carbons (Fsp3) is 0.467. The summed E-state index contributed by atoms with van der Waals surface area (Å²) in [5.74, 6) is -0.813. The van der Waals surface area contributed by atoms with Crippen molar-refractivity contribution >= 4 is 16.9 Å². The molecule has 2 heterocycles. The Morgan fingerprint density at radius 3 is 3.05 bits per heavy atom. The van der Waals surface area contributed by atoms with Gasteiger partial charge in [-0.3, -0.25) is 4.79 Å². The molecule has 20 heavy (non-hydrogen) atoms. The largest absolute Gasteiger partial charge is 0.481 e. The van der Waals surface area contributed by atoms with Gasteiger partial charge in [0.25, 0.3) is 0 Å². The lowest BCUT2D eigenvalue weighted by Crippen LogP contribution is -2.19. The molecular weight excluding hydrogens is 256 g/mol. The number of carboxylic acids is 1. The maximum atomic E-state index is 10.9. The summed E-state index contributed by atoms with van der Waals surface area (Å²) >= 11 is 0. The zero-order valence-electron chi connectivity index (χ0n) is 11.5. The van der Waals surface area contributed by atoms with E-state index in [2.05, 4.69) is 5.10 Å². The molecule has 3 rings (SSSR count). The topological polar surface area (TPSA) is 64.4 Å². The van der Waals surface area contributed by atoms with E-state index >= 15 is 0 Å². The van der Waals surface area contributed by atoms with Crippen LogP contribution in [0.2, 0.25) is 0 Å². The first kappa shape index (κ1) is 13.1. The lowest BCUT2D eigenvalue weighted by molar-refractivity contribution is -0.136. The molecule has 2 aromatic rings. The van der Waals surface area contributed by atoms with Gasteiger partial charge in [-0.25, -0.2) is 4.68 Å². The summed E-state index contributed by atoms with van der Waals surface area (Å²) in [6.07, 6.45) is 5.03. The standard InChI is InChI=1S/C15H18N2O3/c1-10-6-12-9-16-17(14-4-2-3-5-20-14)13(12)7-11(10)8-15(18)19/h6-7,9,14H,2-5,8H2,1H3,(H,18,19). The molecular formula is C15H18N2O3. The third-order valence-electron chi connectivity index (χ3n) is 3.82. The molecule has 1 aliphatic rings. The Labute approximate surface area is 117 Å². The summed E-state index contributed by atoms with van der Waals surface area (Å²) in [4.78, 5) is 10.9. The predicted octanol–water partition coefficient (Wildman–Crippen LogP) is 2.67. The van der Waals surface area contributed by atoms with Crippen LogP contribution in [0.3, 0.4) is 0 Å². The lowest BCUT2D eigenvalue weighted by atomic mass is 10.0. The van der Waals surface area contributed by atoms with Gasteiger partial charge < -0.3 is 9.84 Å². The van der Waals surface area contributed by atoms with Crippen LogP contribution < -0.4 is 0 Å². The van der Waals surface area contributed by atoms with Crippen LogP contribution in [0, 0.1) is 6.92 Å². The van der Waals surface area contributed by atoms with E-state index in [0.29, 0.717) is 0 Å². The number of fused-ring (bicyclic) bond motifs is 1. The van der Waals surface area contributed by atoms with Gasteiger partial charge in [-0.1, -0.05) is 0 Å². The molecule has 1 aromatic heterocycles. The van der Waals surface area contributed by atoms with Gasteiger partial charge in [0.15, 0.2) is 6.23 Å². The third-order valence-corrected chi connectivity index (χ3v) is 3.82. The number of hydrogen-bond donors (Lipinski definition) is 1. The first-order valence-corrected chi connectivity index (χ1v) is 6.95. The summed E-state index contributed by atoms with van der Waals surface area (Å²) in [6.45, 7) is 2.70. The number of carbonyl (C=O) groups is 1. The van der Waals surface area contributed by atoms with E-state index in [1.807, 2.05) is 29.9 Å². The second-order valence-corrected chi connectivity index (χ2v) is 5.32. The van der Waals surface area contributed by atoms with E-state index in [9.17, 15) is 4.79 Å². The fourth-order valence-corrected chi connectivity index (χ4v) is 2.75. The number of ether oxygens (including phenoxy) is 1. The van der Waals surface area contributed by atoms with Crippen molar-refractivity contribution in [2.45, 2.75) is 38.8 Å². The summed E-state index contributed by atoms with van der Waals surface area (Å²) in [5, 5.41) is 14.4. The normalized spacial score (nSPS) is 19.4. The fourth-order valence-electron chi connectivity index (χ4n) is 2.75. The highest BCUT2D eigenvalue weighted by molar-refractivity contribution is 5.82. The summed E-state index contributed by atoms with van der Waals surface area (Å²) in [7, 11) is 0. The Hall–Kier alpha value is -1.88. The SMILES string of the molecule is Cc1cc2cnn(C3CCCCO3)c2cc1CC(=O)O. The first-order valence-electron chi connectivity index (χ1n) is 6.95. The summed E-state index contributed by atoms with van der Waals surface area (Å²) in [6, 6.07) is 3.93. The Kier molecular flexibility index (Phi) is 3.44. The molecule has 0 bridgehead atoms. The van der Waals surface area contributed by atoms with Gasteiger partial charge in [-0.05, 0) is 49.4 Å². The van der Waals surface area contributed by atoms with Crippen molar-refractivity contribution in [2.24, 2.45) is 0 Å². The van der Waals surface area contributed by atoms with Gasteiger partial charge in [0.2, 0.25) is 0 Å². The molecule has 1 N–H and O–H groups in total. The number of benzene rings is 1. The van der Waals surface area contributed by atoms with E-state index < -0.39 is 5.97 Å². The average Bonchev–Trinajstić information content (AvgIpc) is 2.82. The van der Waals surface area contributed by atoms with Crippen molar-refractivity contribution in [1.29, 1.82) is 0 Å². The van der Waals surface area contributed by atoms with Crippen LogP contribution in [0.1, 0.15) is 36.6 Å². The van der Waals surface area contributed by atoms with Crippen LogP contribution in [0.15, 0.2) is 18.3 Å². The smallest absolute Gasteiger partial charge is 0.307 e. The van der Waals surface area contributed by atoms with E-state index in [1.54, 1.807) is 0 Å². The Balaban J connectivity index is 2.03. The second kappa shape index (κ2) is 5.25. The number of nitrogens with zero attached hydrogens (tertiary/aromatic N) is 2. The van der Waals surface area contributed by atoms with Crippen molar-refractivity contribution in [3.8, 4) is 0 Å². The number of aliphatic carboxylic acids is 1. The summed E-state index contributed by atoms with van der Waals surface area (Å²) < 4.78 is 7.65. The molecule has 1 unspecified atom stereocenters. The highest BCUT2D eigenvalue weighted by atomic mass is 16.5. The monoisotopic (exact) mass is 274 g/mol. The van der Waals surface area contributed by atoms with Crippen molar-refractivity contribution in [2.75, 3.05) is 6.61 Å². The molecule has 1 saturated heterocycles. The van der Waals surface area contributed by atoms with Crippen molar-refractivity contribution < 1.29 is 14.6 Å². The van der Waals surface area contributed by atoms with Crippen LogP contribution >= 0.6 is 0 Å². The van der Waals surface area contributed by atoms with E-state index in [4.69, 9.17) is 9.84 Å². The Morgan fingerprint density at radius 2 is 2.35 bits per heavy atom. The molecule has 1 fully saturated rings. The number of hydrogen-bond acceptors (Lipinski definition) is 3. The van der Waals surface area contributed by atoms with Gasteiger partial charge in [-0.15, -0.1) is 0 Å². The summed E-state index contributed by atoms with van der Waals surface area (Å²) in [5.41, 5.74) is 2.78. The predicted molar refractivity (Wildman–Crippen MR) is 74.6 cm³/mol. The van der Waals surface area contributed by atoms with E-state index in [-0.39, 0.29) is 12.6 Å². The van der Waals surface area contributed by atoms with Crippen LogP contribution in [0.4, 0.5) is 0 Å². The number of aryl methyl sites for hydroxylation is 1. The zero-order chi connectivity index (χ0) is 14.1. The second-order valence-electron chi connectivity index (χ2n) is 5.32. The molecule has 5 nitrogen and oxygen atoms in total. The molecule has 0 amide bonds.